The normalized spacial score (nSPS) is 10.1. The fraction of sp³-hybridized carbons (Fsp3) is 0.143. The van der Waals surface area contributed by atoms with Gasteiger partial charge in [-0.25, -0.2) is 9.78 Å². The van der Waals surface area contributed by atoms with Gasteiger partial charge in [0.15, 0.2) is 0 Å². The van der Waals surface area contributed by atoms with Crippen LogP contribution >= 0.6 is 11.8 Å². The highest BCUT2D eigenvalue weighted by atomic mass is 32.2. The summed E-state index contributed by atoms with van der Waals surface area (Å²) < 4.78 is 4.68. The Bertz CT molecular complexity index is 569. The van der Waals surface area contributed by atoms with Crippen LogP contribution in [-0.4, -0.2) is 18.1 Å². The molecule has 2 aromatic rings. The number of carbonyl (C=O) groups excluding carboxylic acids is 1. The van der Waals surface area contributed by atoms with E-state index < -0.39 is 0 Å². The van der Waals surface area contributed by atoms with Crippen LogP contribution in [-0.2, 0) is 4.74 Å². The van der Waals surface area contributed by atoms with Gasteiger partial charge in [0.05, 0.1) is 12.7 Å². The lowest BCUT2D eigenvalue weighted by molar-refractivity contribution is 0.0600. The molecule has 1 heterocycles. The van der Waals surface area contributed by atoms with Crippen LogP contribution in [0.3, 0.4) is 0 Å². The average Bonchev–Trinajstić information content (AvgIpc) is 2.38. The summed E-state index contributed by atoms with van der Waals surface area (Å²) in [6, 6.07) is 11.5. The molecule has 0 N–H and O–H groups in total. The van der Waals surface area contributed by atoms with Crippen molar-refractivity contribution in [2.75, 3.05) is 7.11 Å². The molecule has 0 saturated carbocycles. The summed E-state index contributed by atoms with van der Waals surface area (Å²) in [6.07, 6.45) is 1.62. The van der Waals surface area contributed by atoms with Gasteiger partial charge < -0.3 is 4.74 Å². The van der Waals surface area contributed by atoms with Gasteiger partial charge >= 0.3 is 5.97 Å². The van der Waals surface area contributed by atoms with Crippen LogP contribution < -0.4 is 0 Å². The largest absolute Gasteiger partial charge is 0.465 e. The number of aromatic nitrogens is 1. The second kappa shape index (κ2) is 5.69. The lowest BCUT2D eigenvalue weighted by atomic mass is 10.2. The molecule has 0 radical (unpaired) electrons. The van der Waals surface area contributed by atoms with Crippen molar-refractivity contribution in [1.29, 1.82) is 0 Å². The fourth-order valence-corrected chi connectivity index (χ4v) is 2.44. The van der Waals surface area contributed by atoms with Gasteiger partial charge in [0, 0.05) is 11.1 Å². The summed E-state index contributed by atoms with van der Waals surface area (Å²) in [4.78, 5) is 16.8. The van der Waals surface area contributed by atoms with Crippen LogP contribution in [0.4, 0.5) is 0 Å². The maximum absolute atomic E-state index is 11.4. The highest BCUT2D eigenvalue weighted by Gasteiger charge is 2.07. The Labute approximate surface area is 110 Å². The lowest BCUT2D eigenvalue weighted by Crippen LogP contribution is -2.01. The number of carbonyl (C=O) groups is 1. The molecule has 18 heavy (non-hydrogen) atoms. The molecule has 0 aliphatic carbocycles. The number of hydrogen-bond donors (Lipinski definition) is 0. The van der Waals surface area contributed by atoms with Crippen LogP contribution in [0.5, 0.6) is 0 Å². The molecular formula is C14H13NO2S. The minimum absolute atomic E-state index is 0.344. The molecule has 0 bridgehead atoms. The van der Waals surface area contributed by atoms with Crippen molar-refractivity contribution in [2.24, 2.45) is 0 Å². The van der Waals surface area contributed by atoms with Crippen molar-refractivity contribution in [1.82, 2.24) is 4.98 Å². The van der Waals surface area contributed by atoms with Crippen LogP contribution in [0.25, 0.3) is 0 Å². The number of benzene rings is 1. The number of pyridine rings is 1. The third-order valence-corrected chi connectivity index (χ3v) is 3.29. The molecule has 0 saturated heterocycles. The molecule has 0 aliphatic rings. The lowest BCUT2D eigenvalue weighted by Gasteiger charge is -2.04. The van der Waals surface area contributed by atoms with Crippen molar-refractivity contribution >= 4 is 17.7 Å². The Morgan fingerprint density at radius 1 is 1.28 bits per heavy atom. The van der Waals surface area contributed by atoms with Gasteiger partial charge in [-0.1, -0.05) is 29.5 Å². The molecule has 0 amide bonds. The van der Waals surface area contributed by atoms with Gasteiger partial charge in [0.25, 0.3) is 0 Å². The summed E-state index contributed by atoms with van der Waals surface area (Å²) in [5.74, 6) is -0.344. The third kappa shape index (κ3) is 3.11. The number of hydrogen-bond acceptors (Lipinski definition) is 4. The van der Waals surface area contributed by atoms with Crippen molar-refractivity contribution < 1.29 is 9.53 Å². The first kappa shape index (κ1) is 12.6. The number of ether oxygens (including phenoxy) is 1. The average molecular weight is 259 g/mol. The molecule has 0 unspecified atom stereocenters. The van der Waals surface area contributed by atoms with Gasteiger partial charge in [-0.15, -0.1) is 0 Å². The fourth-order valence-electron chi connectivity index (χ4n) is 1.51. The molecule has 1 aromatic carbocycles. The first-order chi connectivity index (χ1) is 8.69. The number of esters is 1. The predicted molar refractivity (Wildman–Crippen MR) is 70.9 cm³/mol. The minimum atomic E-state index is -0.344. The second-order valence-corrected chi connectivity index (χ2v) is 4.89. The minimum Gasteiger partial charge on any atom is -0.465 e. The number of methoxy groups -OCH3 is 1. The first-order valence-corrected chi connectivity index (χ1v) is 6.29. The summed E-state index contributed by atoms with van der Waals surface area (Å²) in [6.45, 7) is 2.04. The third-order valence-electron chi connectivity index (χ3n) is 2.37. The topological polar surface area (TPSA) is 39.2 Å². The maximum atomic E-state index is 11.4. The number of nitrogens with zero attached hydrogens (tertiary/aromatic N) is 1. The van der Waals surface area contributed by atoms with E-state index in [-0.39, 0.29) is 5.97 Å². The Morgan fingerprint density at radius 3 is 2.83 bits per heavy atom. The summed E-state index contributed by atoms with van der Waals surface area (Å²) in [7, 11) is 1.37. The van der Waals surface area contributed by atoms with Crippen LogP contribution in [0.1, 0.15) is 15.9 Å². The molecule has 1 aromatic heterocycles. The highest BCUT2D eigenvalue weighted by molar-refractivity contribution is 7.99. The Kier molecular flexibility index (Phi) is 3.99. The van der Waals surface area contributed by atoms with E-state index in [2.05, 4.69) is 15.8 Å². The maximum Gasteiger partial charge on any atom is 0.337 e. The quantitative estimate of drug-likeness (QED) is 0.793. The van der Waals surface area contributed by atoms with E-state index in [0.717, 1.165) is 9.92 Å². The van der Waals surface area contributed by atoms with Crippen LogP contribution in [0, 0.1) is 6.92 Å². The Hall–Kier alpha value is -1.81. The zero-order valence-corrected chi connectivity index (χ0v) is 11.0. The molecule has 4 heteroatoms. The second-order valence-electron chi connectivity index (χ2n) is 3.79. The standard InChI is InChI=1S/C14H13NO2S/c1-10-4-3-5-12(8-10)18-13-9-11(6-7-15-13)14(16)17-2/h3-9H,1-2H3. The van der Waals surface area contributed by atoms with E-state index in [9.17, 15) is 4.79 Å². The van der Waals surface area contributed by atoms with Crippen LogP contribution in [0.15, 0.2) is 52.5 Å². The highest BCUT2D eigenvalue weighted by Crippen LogP contribution is 2.26. The van der Waals surface area contributed by atoms with E-state index in [1.165, 1.54) is 24.4 Å². The van der Waals surface area contributed by atoms with Gasteiger partial charge in [-0.2, -0.15) is 0 Å². The number of rotatable bonds is 3. The van der Waals surface area contributed by atoms with E-state index in [4.69, 9.17) is 0 Å². The molecule has 0 aliphatic heterocycles. The zero-order chi connectivity index (χ0) is 13.0. The van der Waals surface area contributed by atoms with Crippen molar-refractivity contribution in [3.05, 3.63) is 53.7 Å². The summed E-state index contributed by atoms with van der Waals surface area (Å²) >= 11 is 1.52. The SMILES string of the molecule is COC(=O)c1ccnc(Sc2cccc(C)c2)c1. The molecule has 2 rings (SSSR count). The van der Waals surface area contributed by atoms with Crippen LogP contribution in [0.2, 0.25) is 0 Å². The molecule has 3 nitrogen and oxygen atoms in total. The molecule has 0 fully saturated rings. The predicted octanol–water partition coefficient (Wildman–Crippen LogP) is 3.33. The zero-order valence-electron chi connectivity index (χ0n) is 10.2. The monoisotopic (exact) mass is 259 g/mol. The van der Waals surface area contributed by atoms with Gasteiger partial charge in [-0.05, 0) is 31.2 Å². The van der Waals surface area contributed by atoms with Gasteiger partial charge in [0.1, 0.15) is 5.03 Å². The molecule has 0 atom stereocenters. The summed E-state index contributed by atoms with van der Waals surface area (Å²) in [5, 5.41) is 0.781. The Balaban J connectivity index is 2.22. The van der Waals surface area contributed by atoms with Crippen molar-refractivity contribution in [3.63, 3.8) is 0 Å². The van der Waals surface area contributed by atoms with E-state index in [1.54, 1.807) is 18.3 Å². The van der Waals surface area contributed by atoms with Crippen molar-refractivity contribution in [2.45, 2.75) is 16.8 Å². The van der Waals surface area contributed by atoms with Crippen molar-refractivity contribution in [3.8, 4) is 0 Å². The van der Waals surface area contributed by atoms with Gasteiger partial charge in [-0.3, -0.25) is 0 Å². The van der Waals surface area contributed by atoms with E-state index in [0.29, 0.717) is 5.56 Å². The first-order valence-electron chi connectivity index (χ1n) is 5.48. The van der Waals surface area contributed by atoms with E-state index in [1.807, 2.05) is 25.1 Å². The summed E-state index contributed by atoms with van der Waals surface area (Å²) in [5.41, 5.74) is 1.71. The molecule has 92 valence electrons. The van der Waals surface area contributed by atoms with E-state index >= 15 is 0 Å². The smallest absolute Gasteiger partial charge is 0.337 e. The molecule has 0 spiro atoms. The molecular weight excluding hydrogens is 246 g/mol. The Morgan fingerprint density at radius 2 is 2.11 bits per heavy atom. The van der Waals surface area contributed by atoms with Gasteiger partial charge in [0.2, 0.25) is 0 Å². The number of aryl methyl sites for hydroxylation is 1.